The van der Waals surface area contributed by atoms with Gasteiger partial charge in [0.25, 0.3) is 5.91 Å². The Morgan fingerprint density at radius 1 is 1.15 bits per heavy atom. The van der Waals surface area contributed by atoms with Crippen molar-refractivity contribution in [2.45, 2.75) is 31.8 Å². The average Bonchev–Trinajstić information content (AvgIpc) is 3.37. The van der Waals surface area contributed by atoms with Gasteiger partial charge in [0, 0.05) is 55.9 Å². The van der Waals surface area contributed by atoms with Crippen LogP contribution in [-0.2, 0) is 9.53 Å². The molecule has 34 heavy (non-hydrogen) atoms. The van der Waals surface area contributed by atoms with Gasteiger partial charge in [-0.2, -0.15) is 5.10 Å². The van der Waals surface area contributed by atoms with Crippen LogP contribution in [0.25, 0.3) is 0 Å². The van der Waals surface area contributed by atoms with Crippen molar-refractivity contribution in [3.8, 4) is 0 Å². The van der Waals surface area contributed by atoms with Crippen LogP contribution in [0.5, 0.6) is 0 Å². The van der Waals surface area contributed by atoms with Crippen molar-refractivity contribution in [2.75, 3.05) is 40.7 Å². The highest BCUT2D eigenvalue weighted by Crippen LogP contribution is 2.39. The summed E-state index contributed by atoms with van der Waals surface area (Å²) in [5.74, 6) is 0.891. The number of anilines is 5. The number of carbonyl (C=O) groups is 2. The zero-order chi connectivity index (χ0) is 23.7. The lowest BCUT2D eigenvalue weighted by Crippen LogP contribution is -2.55. The average molecular weight is 462 g/mol. The minimum Gasteiger partial charge on any atom is -0.381 e. The predicted octanol–water partition coefficient (Wildman–Crippen LogP) is 3.15. The SMILES string of the molecule is CC1C(=O)N(C)c2cnc(Nc3cccc(C(=O)Nc4cc[nH]n4)c3)cc2N1C1CCOCC1. The standard InChI is InChI=1S/C24H27N7O3/c1-15-24(33)30(2)20-14-25-22(13-19(20)31(15)18-7-10-34-11-8-18)27-17-5-3-4-16(12-17)23(32)28-21-6-9-26-29-21/h3-6,9,12-15,18H,7-8,10-11H2,1-2H3,(H,25,27)(H2,26,28,29,32). The quantitative estimate of drug-likeness (QED) is 0.535. The number of hydrogen-bond acceptors (Lipinski definition) is 7. The van der Waals surface area contributed by atoms with Crippen LogP contribution < -0.4 is 20.4 Å². The molecule has 0 radical (unpaired) electrons. The van der Waals surface area contributed by atoms with E-state index in [9.17, 15) is 9.59 Å². The molecule has 1 unspecified atom stereocenters. The van der Waals surface area contributed by atoms with Gasteiger partial charge in [0.2, 0.25) is 5.91 Å². The normalized spacial score (nSPS) is 18.5. The van der Waals surface area contributed by atoms with Crippen LogP contribution in [0.4, 0.5) is 28.7 Å². The molecule has 10 nitrogen and oxygen atoms in total. The Balaban J connectivity index is 1.41. The molecule has 2 amide bonds. The van der Waals surface area contributed by atoms with Crippen LogP contribution >= 0.6 is 0 Å². The largest absolute Gasteiger partial charge is 0.381 e. The van der Waals surface area contributed by atoms with E-state index >= 15 is 0 Å². The van der Waals surface area contributed by atoms with E-state index in [1.807, 2.05) is 25.1 Å². The number of nitrogens with one attached hydrogen (secondary N) is 3. The summed E-state index contributed by atoms with van der Waals surface area (Å²) in [5.41, 5.74) is 2.97. The Morgan fingerprint density at radius 3 is 2.74 bits per heavy atom. The lowest BCUT2D eigenvalue weighted by Gasteiger charge is -2.45. The van der Waals surface area contributed by atoms with Gasteiger partial charge in [-0.25, -0.2) is 4.98 Å². The highest BCUT2D eigenvalue weighted by atomic mass is 16.5. The van der Waals surface area contributed by atoms with Gasteiger partial charge in [0.1, 0.15) is 11.9 Å². The molecule has 1 atom stereocenters. The number of fused-ring (bicyclic) bond motifs is 1. The van der Waals surface area contributed by atoms with Gasteiger partial charge in [-0.15, -0.1) is 0 Å². The molecule has 2 aliphatic rings. The first-order valence-corrected chi connectivity index (χ1v) is 11.3. The summed E-state index contributed by atoms with van der Waals surface area (Å²) in [6.45, 7) is 3.33. The second kappa shape index (κ2) is 9.14. The molecule has 10 heteroatoms. The van der Waals surface area contributed by atoms with E-state index < -0.39 is 0 Å². The Labute approximate surface area is 197 Å². The van der Waals surface area contributed by atoms with E-state index in [2.05, 4.69) is 30.7 Å². The highest BCUT2D eigenvalue weighted by Gasteiger charge is 2.38. The molecular formula is C24H27N7O3. The number of pyridine rings is 1. The van der Waals surface area contributed by atoms with Gasteiger partial charge in [-0.05, 0) is 38.0 Å². The molecule has 5 rings (SSSR count). The molecule has 3 N–H and O–H groups in total. The monoisotopic (exact) mass is 461 g/mol. The maximum atomic E-state index is 12.9. The smallest absolute Gasteiger partial charge is 0.256 e. The van der Waals surface area contributed by atoms with E-state index in [1.54, 1.807) is 42.5 Å². The van der Waals surface area contributed by atoms with E-state index in [0.29, 0.717) is 30.4 Å². The summed E-state index contributed by atoms with van der Waals surface area (Å²) in [7, 11) is 1.79. The van der Waals surface area contributed by atoms with Crippen molar-refractivity contribution in [1.29, 1.82) is 0 Å². The molecule has 176 valence electrons. The van der Waals surface area contributed by atoms with Crippen LogP contribution in [-0.4, -0.2) is 59.3 Å². The number of carbonyl (C=O) groups excluding carboxylic acids is 2. The Morgan fingerprint density at radius 2 is 1.97 bits per heavy atom. The zero-order valence-corrected chi connectivity index (χ0v) is 19.1. The van der Waals surface area contributed by atoms with Gasteiger partial charge in [-0.3, -0.25) is 14.7 Å². The number of aromatic nitrogens is 3. The van der Waals surface area contributed by atoms with Crippen LogP contribution in [0, 0.1) is 0 Å². The first-order chi connectivity index (χ1) is 16.5. The topological polar surface area (TPSA) is 115 Å². The fourth-order valence-corrected chi connectivity index (χ4v) is 4.58. The summed E-state index contributed by atoms with van der Waals surface area (Å²) in [6.07, 6.45) is 5.12. The number of aromatic amines is 1. The third-order valence-corrected chi connectivity index (χ3v) is 6.33. The van der Waals surface area contributed by atoms with Gasteiger partial charge in [0.05, 0.1) is 17.6 Å². The second-order valence-electron chi connectivity index (χ2n) is 8.50. The molecular weight excluding hydrogens is 434 g/mol. The van der Waals surface area contributed by atoms with Crippen molar-refractivity contribution in [3.05, 3.63) is 54.4 Å². The molecule has 4 heterocycles. The van der Waals surface area contributed by atoms with Crippen LogP contribution in [0.3, 0.4) is 0 Å². The van der Waals surface area contributed by atoms with Crippen LogP contribution in [0.15, 0.2) is 48.8 Å². The van der Waals surface area contributed by atoms with E-state index in [4.69, 9.17) is 4.74 Å². The van der Waals surface area contributed by atoms with E-state index in [0.717, 1.165) is 29.9 Å². The van der Waals surface area contributed by atoms with Crippen molar-refractivity contribution >= 4 is 40.5 Å². The Bertz CT molecular complexity index is 1190. The molecule has 1 saturated heterocycles. The molecule has 2 aliphatic heterocycles. The molecule has 1 aromatic carbocycles. The Kier molecular flexibility index (Phi) is 5.89. The lowest BCUT2D eigenvalue weighted by atomic mass is 10.00. The summed E-state index contributed by atoms with van der Waals surface area (Å²) in [6, 6.07) is 10.8. The maximum absolute atomic E-state index is 12.9. The number of H-pyrrole nitrogens is 1. The fraction of sp³-hybridized carbons (Fsp3) is 0.333. The molecule has 0 bridgehead atoms. The highest BCUT2D eigenvalue weighted by molar-refractivity contribution is 6.05. The van der Waals surface area contributed by atoms with Gasteiger partial charge in [-0.1, -0.05) is 6.07 Å². The predicted molar refractivity (Wildman–Crippen MR) is 130 cm³/mol. The zero-order valence-electron chi connectivity index (χ0n) is 19.1. The number of rotatable bonds is 5. The maximum Gasteiger partial charge on any atom is 0.256 e. The van der Waals surface area contributed by atoms with Crippen molar-refractivity contribution in [1.82, 2.24) is 15.2 Å². The number of amides is 2. The number of nitrogens with zero attached hydrogens (tertiary/aromatic N) is 4. The number of benzene rings is 1. The van der Waals surface area contributed by atoms with Gasteiger partial charge in [0.15, 0.2) is 5.82 Å². The fourth-order valence-electron chi connectivity index (χ4n) is 4.58. The van der Waals surface area contributed by atoms with Gasteiger partial charge >= 0.3 is 0 Å². The van der Waals surface area contributed by atoms with Crippen molar-refractivity contribution in [3.63, 3.8) is 0 Å². The second-order valence-corrected chi connectivity index (χ2v) is 8.50. The first kappa shape index (κ1) is 21.9. The van der Waals surface area contributed by atoms with Crippen LogP contribution in [0.1, 0.15) is 30.1 Å². The molecule has 0 aliphatic carbocycles. The molecule has 1 fully saturated rings. The molecule has 0 spiro atoms. The third kappa shape index (κ3) is 4.19. The minimum absolute atomic E-state index is 0.0529. The van der Waals surface area contributed by atoms with E-state index in [-0.39, 0.29) is 23.9 Å². The third-order valence-electron chi connectivity index (χ3n) is 6.33. The molecule has 2 aromatic heterocycles. The molecule has 0 saturated carbocycles. The summed E-state index contributed by atoms with van der Waals surface area (Å²) in [4.78, 5) is 33.9. The number of hydrogen-bond donors (Lipinski definition) is 3. The van der Waals surface area contributed by atoms with Crippen molar-refractivity contribution < 1.29 is 14.3 Å². The summed E-state index contributed by atoms with van der Waals surface area (Å²) >= 11 is 0. The number of ether oxygens (including phenoxy) is 1. The van der Waals surface area contributed by atoms with E-state index in [1.165, 1.54) is 0 Å². The lowest BCUT2D eigenvalue weighted by molar-refractivity contribution is -0.119. The molecule has 3 aromatic rings. The van der Waals surface area contributed by atoms with Crippen molar-refractivity contribution in [2.24, 2.45) is 0 Å². The summed E-state index contributed by atoms with van der Waals surface area (Å²) < 4.78 is 5.54. The number of likely N-dealkylation sites (N-methyl/N-ethyl adjacent to an activating group) is 1. The van der Waals surface area contributed by atoms with Gasteiger partial charge < -0.3 is 25.2 Å². The minimum atomic E-state index is -0.273. The first-order valence-electron chi connectivity index (χ1n) is 11.3. The summed E-state index contributed by atoms with van der Waals surface area (Å²) in [5, 5.41) is 12.7. The van der Waals surface area contributed by atoms with Crippen LogP contribution in [0.2, 0.25) is 0 Å². The Hall–Kier alpha value is -3.92.